The van der Waals surface area contributed by atoms with Crippen LogP contribution in [-0.2, 0) is 11.3 Å². The fourth-order valence-electron chi connectivity index (χ4n) is 3.78. The Bertz CT molecular complexity index is 663. The highest BCUT2D eigenvalue weighted by Crippen LogP contribution is 2.36. The first-order valence-corrected chi connectivity index (χ1v) is 10.3. The minimum atomic E-state index is 0.0278. The standard InChI is InChI=1S/C19H26N4O2S/c1-15-14-26-19(23(15)12-16-5-4-7-20-11-16)22-9-8-21(18(22)24)13-17-6-2-3-10-25-17/h4-5,7,11,14,17,19H,2-3,6,8-10,12-13H2,1H3. The quantitative estimate of drug-likeness (QED) is 0.793. The third-order valence-corrected chi connectivity index (χ3v) is 6.48. The van der Waals surface area contributed by atoms with E-state index in [4.69, 9.17) is 4.74 Å². The number of nitrogens with zero attached hydrogens (tertiary/aromatic N) is 4. The third kappa shape index (κ3) is 3.69. The average molecular weight is 375 g/mol. The van der Waals surface area contributed by atoms with Crippen molar-refractivity contribution in [3.05, 3.63) is 41.2 Å². The van der Waals surface area contributed by atoms with Crippen LogP contribution in [0.3, 0.4) is 0 Å². The Morgan fingerprint density at radius 2 is 2.27 bits per heavy atom. The van der Waals surface area contributed by atoms with E-state index in [0.29, 0.717) is 0 Å². The molecule has 2 amide bonds. The Kier molecular flexibility index (Phi) is 5.36. The number of carbonyl (C=O) groups excluding carboxylic acids is 1. The number of pyridine rings is 1. The van der Waals surface area contributed by atoms with Crippen LogP contribution >= 0.6 is 11.8 Å². The van der Waals surface area contributed by atoms with Crippen LogP contribution in [0.2, 0.25) is 0 Å². The molecule has 4 rings (SSSR count). The number of urea groups is 1. The topological polar surface area (TPSA) is 48.9 Å². The van der Waals surface area contributed by atoms with Crippen LogP contribution in [0.4, 0.5) is 4.79 Å². The van der Waals surface area contributed by atoms with Gasteiger partial charge in [-0.2, -0.15) is 0 Å². The monoisotopic (exact) mass is 374 g/mol. The molecule has 3 aliphatic rings. The molecule has 2 unspecified atom stereocenters. The molecule has 0 bridgehead atoms. The van der Waals surface area contributed by atoms with Crippen LogP contribution in [0.5, 0.6) is 0 Å². The van der Waals surface area contributed by atoms with E-state index in [1.807, 2.05) is 22.1 Å². The van der Waals surface area contributed by atoms with Gasteiger partial charge in [-0.3, -0.25) is 9.88 Å². The molecule has 1 aromatic rings. The van der Waals surface area contributed by atoms with E-state index < -0.39 is 0 Å². The number of carbonyl (C=O) groups is 1. The van der Waals surface area contributed by atoms with Crippen molar-refractivity contribution in [1.29, 1.82) is 0 Å². The van der Waals surface area contributed by atoms with Crippen LogP contribution in [0.1, 0.15) is 31.7 Å². The lowest BCUT2D eigenvalue weighted by Gasteiger charge is -2.34. The summed E-state index contributed by atoms with van der Waals surface area (Å²) in [5, 5.41) is 2.15. The van der Waals surface area contributed by atoms with Crippen LogP contribution in [0, 0.1) is 0 Å². The SMILES string of the molecule is CC1=CSC(N2CCN(CC3CCCCO3)C2=O)N1Cc1cccnc1. The lowest BCUT2D eigenvalue weighted by Crippen LogP contribution is -2.46. The molecule has 0 radical (unpaired) electrons. The summed E-state index contributed by atoms with van der Waals surface area (Å²) in [4.78, 5) is 23.5. The van der Waals surface area contributed by atoms with Gasteiger partial charge in [0.2, 0.25) is 0 Å². The largest absolute Gasteiger partial charge is 0.376 e. The van der Waals surface area contributed by atoms with Crippen LogP contribution < -0.4 is 0 Å². The van der Waals surface area contributed by atoms with E-state index in [-0.39, 0.29) is 17.6 Å². The fourth-order valence-corrected chi connectivity index (χ4v) is 4.96. The van der Waals surface area contributed by atoms with E-state index >= 15 is 0 Å². The van der Waals surface area contributed by atoms with Crippen molar-refractivity contribution >= 4 is 17.8 Å². The zero-order chi connectivity index (χ0) is 17.9. The predicted molar refractivity (Wildman–Crippen MR) is 102 cm³/mol. The maximum atomic E-state index is 13.0. The number of rotatable bonds is 5. The summed E-state index contributed by atoms with van der Waals surface area (Å²) in [5.41, 5.74) is 2.39. The molecule has 0 aliphatic carbocycles. The number of ether oxygens (including phenoxy) is 1. The molecule has 0 saturated carbocycles. The lowest BCUT2D eigenvalue weighted by molar-refractivity contribution is 0.00265. The van der Waals surface area contributed by atoms with Crippen LogP contribution in [0.25, 0.3) is 0 Å². The Hall–Kier alpha value is -1.73. The zero-order valence-electron chi connectivity index (χ0n) is 15.2. The number of aromatic nitrogens is 1. The van der Waals surface area contributed by atoms with Crippen LogP contribution in [-0.4, -0.2) is 63.6 Å². The predicted octanol–water partition coefficient (Wildman–Crippen LogP) is 3.08. The molecule has 0 N–H and O–H groups in total. The highest BCUT2D eigenvalue weighted by Gasteiger charge is 2.39. The van der Waals surface area contributed by atoms with Gasteiger partial charge in [0.1, 0.15) is 0 Å². The van der Waals surface area contributed by atoms with Crippen LogP contribution in [0.15, 0.2) is 35.6 Å². The van der Waals surface area contributed by atoms with Gasteiger partial charge in [-0.15, -0.1) is 0 Å². The molecule has 0 spiro atoms. The molecule has 2 saturated heterocycles. The van der Waals surface area contributed by atoms with E-state index in [9.17, 15) is 4.79 Å². The van der Waals surface area contributed by atoms with Gasteiger partial charge < -0.3 is 14.5 Å². The van der Waals surface area contributed by atoms with Crippen molar-refractivity contribution in [3.8, 4) is 0 Å². The molecule has 140 valence electrons. The first-order chi connectivity index (χ1) is 12.7. The number of amides is 2. The van der Waals surface area contributed by atoms with Gasteiger partial charge in [-0.05, 0) is 43.2 Å². The highest BCUT2D eigenvalue weighted by molar-refractivity contribution is 8.02. The third-order valence-electron chi connectivity index (χ3n) is 5.25. The lowest BCUT2D eigenvalue weighted by atomic mass is 10.1. The Morgan fingerprint density at radius 3 is 3.04 bits per heavy atom. The second kappa shape index (κ2) is 7.88. The Balaban J connectivity index is 1.40. The Labute approximate surface area is 159 Å². The summed E-state index contributed by atoms with van der Waals surface area (Å²) in [6.45, 7) is 5.99. The average Bonchev–Trinajstić information content (AvgIpc) is 3.20. The van der Waals surface area contributed by atoms with E-state index in [2.05, 4.69) is 28.3 Å². The molecule has 7 heteroatoms. The summed E-state index contributed by atoms with van der Waals surface area (Å²) in [7, 11) is 0. The first-order valence-electron chi connectivity index (χ1n) is 9.37. The van der Waals surface area contributed by atoms with E-state index in [1.54, 1.807) is 18.0 Å². The van der Waals surface area contributed by atoms with E-state index in [0.717, 1.165) is 51.2 Å². The van der Waals surface area contributed by atoms with Crippen molar-refractivity contribution in [1.82, 2.24) is 19.7 Å². The number of hydrogen-bond acceptors (Lipinski definition) is 5. The fraction of sp³-hybridized carbons (Fsp3) is 0.579. The second-order valence-electron chi connectivity index (χ2n) is 7.12. The van der Waals surface area contributed by atoms with Crippen molar-refractivity contribution in [2.75, 3.05) is 26.2 Å². The van der Waals surface area contributed by atoms with Gasteiger partial charge in [-0.25, -0.2) is 4.79 Å². The molecule has 4 heterocycles. The number of hydrogen-bond donors (Lipinski definition) is 0. The molecule has 2 fully saturated rings. The van der Waals surface area contributed by atoms with Gasteiger partial charge in [0, 0.05) is 50.9 Å². The van der Waals surface area contributed by atoms with Gasteiger partial charge in [0.15, 0.2) is 5.50 Å². The minimum absolute atomic E-state index is 0.0278. The molecule has 3 aliphatic heterocycles. The molecule has 26 heavy (non-hydrogen) atoms. The molecule has 1 aromatic heterocycles. The first kappa shape index (κ1) is 17.7. The molecule has 0 aromatic carbocycles. The van der Waals surface area contributed by atoms with Gasteiger partial charge in [-0.1, -0.05) is 17.8 Å². The summed E-state index contributed by atoms with van der Waals surface area (Å²) in [6.07, 6.45) is 7.30. The van der Waals surface area contributed by atoms with Gasteiger partial charge >= 0.3 is 6.03 Å². The number of allylic oxidation sites excluding steroid dienone is 1. The second-order valence-corrected chi connectivity index (χ2v) is 8.05. The molecule has 2 atom stereocenters. The molecular formula is C19H26N4O2S. The zero-order valence-corrected chi connectivity index (χ0v) is 16.0. The normalized spacial score (nSPS) is 26.6. The summed E-state index contributed by atoms with van der Waals surface area (Å²) >= 11 is 1.72. The molecule has 6 nitrogen and oxygen atoms in total. The van der Waals surface area contributed by atoms with E-state index in [1.165, 1.54) is 12.1 Å². The Morgan fingerprint density at radius 1 is 1.35 bits per heavy atom. The smallest absolute Gasteiger partial charge is 0.322 e. The summed E-state index contributed by atoms with van der Waals surface area (Å²) in [6, 6.07) is 4.18. The van der Waals surface area contributed by atoms with Gasteiger partial charge in [0.05, 0.1) is 6.10 Å². The maximum absolute atomic E-state index is 13.0. The minimum Gasteiger partial charge on any atom is -0.376 e. The summed E-state index contributed by atoms with van der Waals surface area (Å²) < 4.78 is 5.82. The van der Waals surface area contributed by atoms with Crippen molar-refractivity contribution in [2.45, 2.75) is 44.3 Å². The molecular weight excluding hydrogens is 348 g/mol. The van der Waals surface area contributed by atoms with Crippen molar-refractivity contribution in [2.24, 2.45) is 0 Å². The summed E-state index contributed by atoms with van der Waals surface area (Å²) in [5.74, 6) is 0. The highest BCUT2D eigenvalue weighted by atomic mass is 32.2. The number of thioether (sulfide) groups is 1. The van der Waals surface area contributed by atoms with Crippen molar-refractivity contribution in [3.63, 3.8) is 0 Å². The van der Waals surface area contributed by atoms with Crippen molar-refractivity contribution < 1.29 is 9.53 Å². The van der Waals surface area contributed by atoms with Gasteiger partial charge in [0.25, 0.3) is 0 Å². The maximum Gasteiger partial charge on any atom is 0.322 e.